The summed E-state index contributed by atoms with van der Waals surface area (Å²) in [5.41, 5.74) is 0. The Kier molecular flexibility index (Phi) is 5.49. The van der Waals surface area contributed by atoms with Gasteiger partial charge in [-0.2, -0.15) is 0 Å². The lowest BCUT2D eigenvalue weighted by atomic mass is 10.2. The second-order valence-electron chi connectivity index (χ2n) is 5.02. The van der Waals surface area contributed by atoms with E-state index in [-0.39, 0.29) is 0 Å². The third-order valence-corrected chi connectivity index (χ3v) is 3.17. The van der Waals surface area contributed by atoms with E-state index in [1.807, 2.05) is 30.3 Å². The van der Waals surface area contributed by atoms with Crippen LogP contribution in [0.4, 0.5) is 0 Å². The molecule has 0 aromatic heterocycles. The third kappa shape index (κ3) is 4.67. The van der Waals surface area contributed by atoms with Gasteiger partial charge in [-0.05, 0) is 25.0 Å². The van der Waals surface area contributed by atoms with E-state index in [4.69, 9.17) is 9.47 Å². The molecule has 1 heterocycles. The van der Waals surface area contributed by atoms with Crippen LogP contribution in [0.5, 0.6) is 5.75 Å². The van der Waals surface area contributed by atoms with Gasteiger partial charge in [0.15, 0.2) is 0 Å². The molecule has 1 N–H and O–H groups in total. The smallest absolute Gasteiger partial charge is 0.119 e. The van der Waals surface area contributed by atoms with Crippen molar-refractivity contribution in [3.05, 3.63) is 30.3 Å². The standard InChI is InChI=1S/C15H23NO2/c1-13(10-16-11-15-8-5-9-17-15)12-18-14-6-3-2-4-7-14/h2-4,6-7,13,15-16H,5,8-12H2,1H3/t13-,15+/m1/s1. The van der Waals surface area contributed by atoms with Crippen LogP contribution in [0, 0.1) is 5.92 Å². The molecule has 1 aromatic carbocycles. The van der Waals surface area contributed by atoms with E-state index in [1.165, 1.54) is 12.8 Å². The molecular weight excluding hydrogens is 226 g/mol. The number of rotatable bonds is 7. The van der Waals surface area contributed by atoms with Gasteiger partial charge < -0.3 is 14.8 Å². The number of para-hydroxylation sites is 1. The summed E-state index contributed by atoms with van der Waals surface area (Å²) < 4.78 is 11.3. The van der Waals surface area contributed by atoms with Crippen molar-refractivity contribution in [2.45, 2.75) is 25.9 Å². The molecule has 1 aromatic rings. The van der Waals surface area contributed by atoms with Gasteiger partial charge in [-0.1, -0.05) is 25.1 Å². The van der Waals surface area contributed by atoms with Crippen molar-refractivity contribution in [2.75, 3.05) is 26.3 Å². The maximum Gasteiger partial charge on any atom is 0.119 e. The largest absolute Gasteiger partial charge is 0.493 e. The van der Waals surface area contributed by atoms with Crippen molar-refractivity contribution in [1.29, 1.82) is 0 Å². The first-order valence-electron chi connectivity index (χ1n) is 6.85. The minimum Gasteiger partial charge on any atom is -0.493 e. The Balaban J connectivity index is 1.56. The Morgan fingerprint density at radius 3 is 2.94 bits per heavy atom. The zero-order valence-electron chi connectivity index (χ0n) is 11.1. The first-order chi connectivity index (χ1) is 8.84. The number of nitrogens with one attached hydrogen (secondary N) is 1. The summed E-state index contributed by atoms with van der Waals surface area (Å²) in [7, 11) is 0. The van der Waals surface area contributed by atoms with Crippen LogP contribution in [0.1, 0.15) is 19.8 Å². The van der Waals surface area contributed by atoms with Crippen molar-refractivity contribution in [3.63, 3.8) is 0 Å². The van der Waals surface area contributed by atoms with Crippen LogP contribution in [0.15, 0.2) is 30.3 Å². The van der Waals surface area contributed by atoms with E-state index < -0.39 is 0 Å². The topological polar surface area (TPSA) is 30.5 Å². The second kappa shape index (κ2) is 7.39. The molecule has 0 amide bonds. The van der Waals surface area contributed by atoms with Gasteiger partial charge in [-0.15, -0.1) is 0 Å². The lowest BCUT2D eigenvalue weighted by Crippen LogP contribution is -2.31. The summed E-state index contributed by atoms with van der Waals surface area (Å²) in [6.07, 6.45) is 2.83. The van der Waals surface area contributed by atoms with Crippen LogP contribution in [-0.4, -0.2) is 32.4 Å². The molecule has 1 fully saturated rings. The van der Waals surface area contributed by atoms with Crippen LogP contribution in [0.25, 0.3) is 0 Å². The van der Waals surface area contributed by atoms with Gasteiger partial charge in [0.2, 0.25) is 0 Å². The highest BCUT2D eigenvalue weighted by molar-refractivity contribution is 5.20. The molecule has 1 aliphatic rings. The quantitative estimate of drug-likeness (QED) is 0.805. The molecule has 1 aliphatic heterocycles. The summed E-state index contributed by atoms with van der Waals surface area (Å²) >= 11 is 0. The highest BCUT2D eigenvalue weighted by atomic mass is 16.5. The molecule has 0 aliphatic carbocycles. The van der Waals surface area contributed by atoms with Crippen LogP contribution in [0.2, 0.25) is 0 Å². The van der Waals surface area contributed by atoms with E-state index in [1.54, 1.807) is 0 Å². The normalized spacial score (nSPS) is 20.8. The third-order valence-electron chi connectivity index (χ3n) is 3.17. The first kappa shape index (κ1) is 13.4. The van der Waals surface area contributed by atoms with E-state index in [2.05, 4.69) is 12.2 Å². The molecule has 3 heteroatoms. The molecule has 18 heavy (non-hydrogen) atoms. The SMILES string of the molecule is C[C@H](CNC[C@@H]1CCCO1)COc1ccccc1. The molecule has 0 radical (unpaired) electrons. The van der Waals surface area contributed by atoms with Crippen LogP contribution in [0.3, 0.4) is 0 Å². The minimum absolute atomic E-state index is 0.423. The van der Waals surface area contributed by atoms with Crippen molar-refractivity contribution in [1.82, 2.24) is 5.32 Å². The Morgan fingerprint density at radius 1 is 1.39 bits per heavy atom. The summed E-state index contributed by atoms with van der Waals surface area (Å²) in [4.78, 5) is 0. The Hall–Kier alpha value is -1.06. The fourth-order valence-corrected chi connectivity index (χ4v) is 2.11. The van der Waals surface area contributed by atoms with Gasteiger partial charge in [0.05, 0.1) is 12.7 Å². The summed E-state index contributed by atoms with van der Waals surface area (Å²) in [6.45, 7) is 5.83. The first-order valence-corrected chi connectivity index (χ1v) is 6.85. The van der Waals surface area contributed by atoms with E-state index in [0.29, 0.717) is 12.0 Å². The van der Waals surface area contributed by atoms with Crippen LogP contribution in [-0.2, 0) is 4.74 Å². The number of hydrogen-bond donors (Lipinski definition) is 1. The van der Waals surface area contributed by atoms with Gasteiger partial charge in [0.25, 0.3) is 0 Å². The predicted molar refractivity (Wildman–Crippen MR) is 72.9 cm³/mol. The Labute approximate surface area is 109 Å². The van der Waals surface area contributed by atoms with E-state index >= 15 is 0 Å². The van der Waals surface area contributed by atoms with Crippen molar-refractivity contribution in [3.8, 4) is 5.75 Å². The monoisotopic (exact) mass is 249 g/mol. The highest BCUT2D eigenvalue weighted by Crippen LogP contribution is 2.11. The molecular formula is C15H23NO2. The van der Waals surface area contributed by atoms with Crippen molar-refractivity contribution >= 4 is 0 Å². The fourth-order valence-electron chi connectivity index (χ4n) is 2.11. The number of hydrogen-bond acceptors (Lipinski definition) is 3. The summed E-state index contributed by atoms with van der Waals surface area (Å²) in [5, 5.41) is 3.46. The summed E-state index contributed by atoms with van der Waals surface area (Å²) in [6, 6.07) is 9.98. The van der Waals surface area contributed by atoms with Crippen molar-refractivity contribution in [2.24, 2.45) is 5.92 Å². The Morgan fingerprint density at radius 2 is 2.22 bits per heavy atom. The fraction of sp³-hybridized carbons (Fsp3) is 0.600. The maximum absolute atomic E-state index is 5.72. The van der Waals surface area contributed by atoms with E-state index in [9.17, 15) is 0 Å². The van der Waals surface area contributed by atoms with Gasteiger partial charge >= 0.3 is 0 Å². The molecule has 1 saturated heterocycles. The van der Waals surface area contributed by atoms with Crippen LogP contribution >= 0.6 is 0 Å². The maximum atomic E-state index is 5.72. The average molecular weight is 249 g/mol. The molecule has 3 nitrogen and oxygen atoms in total. The van der Waals surface area contributed by atoms with Crippen molar-refractivity contribution < 1.29 is 9.47 Å². The zero-order valence-corrected chi connectivity index (χ0v) is 11.1. The van der Waals surface area contributed by atoms with Gasteiger partial charge in [-0.3, -0.25) is 0 Å². The number of ether oxygens (including phenoxy) is 2. The van der Waals surface area contributed by atoms with Gasteiger partial charge in [-0.25, -0.2) is 0 Å². The molecule has 100 valence electrons. The summed E-state index contributed by atoms with van der Waals surface area (Å²) in [5.74, 6) is 1.45. The second-order valence-corrected chi connectivity index (χ2v) is 5.02. The predicted octanol–water partition coefficient (Wildman–Crippen LogP) is 2.47. The zero-order chi connectivity index (χ0) is 12.6. The molecule has 2 atom stereocenters. The van der Waals surface area contributed by atoms with Crippen LogP contribution < -0.4 is 10.1 Å². The number of benzene rings is 1. The highest BCUT2D eigenvalue weighted by Gasteiger charge is 2.14. The molecule has 0 unspecified atom stereocenters. The minimum atomic E-state index is 0.423. The lowest BCUT2D eigenvalue weighted by molar-refractivity contribution is 0.108. The lowest BCUT2D eigenvalue weighted by Gasteiger charge is -2.16. The van der Waals surface area contributed by atoms with Gasteiger partial charge in [0, 0.05) is 25.6 Å². The molecule has 2 rings (SSSR count). The molecule has 0 bridgehead atoms. The average Bonchev–Trinajstić information content (AvgIpc) is 2.91. The molecule has 0 spiro atoms. The molecule has 0 saturated carbocycles. The Bertz CT molecular complexity index is 323. The van der Waals surface area contributed by atoms with Gasteiger partial charge in [0.1, 0.15) is 5.75 Å². The van der Waals surface area contributed by atoms with E-state index in [0.717, 1.165) is 32.1 Å².